The molecule has 0 unspecified atom stereocenters. The summed E-state index contributed by atoms with van der Waals surface area (Å²) in [6.07, 6.45) is 0. The summed E-state index contributed by atoms with van der Waals surface area (Å²) in [5.74, 6) is -1.67. The van der Waals surface area contributed by atoms with Crippen LogP contribution in [-0.4, -0.2) is 10.9 Å². The van der Waals surface area contributed by atoms with Gasteiger partial charge in [-0.05, 0) is 34.5 Å². The lowest BCUT2D eigenvalue weighted by atomic mass is 10.1. The van der Waals surface area contributed by atoms with Crippen LogP contribution in [0.1, 0.15) is 15.9 Å². The molecule has 5 aromatic rings. The number of benzene rings is 4. The zero-order valence-corrected chi connectivity index (χ0v) is 17.1. The monoisotopic (exact) mass is 430 g/mol. The number of nitrogens with zero attached hydrogens (tertiary/aromatic N) is 2. The Hall–Kier alpha value is -3.64. The molecule has 0 aliphatic carbocycles. The number of fused-ring (bicyclic) bond motifs is 2. The summed E-state index contributed by atoms with van der Waals surface area (Å²) in [6.45, 7) is 0.260. The van der Waals surface area contributed by atoms with E-state index in [0.29, 0.717) is 15.4 Å². The predicted molar refractivity (Wildman–Crippen MR) is 120 cm³/mol. The maximum absolute atomic E-state index is 14.2. The molecule has 152 valence electrons. The van der Waals surface area contributed by atoms with E-state index in [4.69, 9.17) is 0 Å². The molecule has 31 heavy (non-hydrogen) atoms. The van der Waals surface area contributed by atoms with Crippen molar-refractivity contribution in [2.24, 2.45) is 0 Å². The van der Waals surface area contributed by atoms with Crippen molar-refractivity contribution >= 4 is 43.4 Å². The molecule has 0 spiro atoms. The molecule has 4 aromatic carbocycles. The fraction of sp³-hybridized carbons (Fsp3) is 0.0400. The van der Waals surface area contributed by atoms with Crippen molar-refractivity contribution in [3.63, 3.8) is 0 Å². The second-order valence-corrected chi connectivity index (χ2v) is 8.18. The Balaban J connectivity index is 1.61. The number of carbonyl (C=O) groups excluding carboxylic acids is 1. The van der Waals surface area contributed by atoms with Gasteiger partial charge in [0.2, 0.25) is 0 Å². The number of rotatable bonds is 4. The lowest BCUT2D eigenvalue weighted by Gasteiger charge is -2.20. The summed E-state index contributed by atoms with van der Waals surface area (Å²) in [7, 11) is 0. The molecule has 0 radical (unpaired) electrons. The topological polar surface area (TPSA) is 33.2 Å². The highest BCUT2D eigenvalue weighted by molar-refractivity contribution is 7.22. The molecule has 1 aromatic heterocycles. The summed E-state index contributed by atoms with van der Waals surface area (Å²) in [4.78, 5) is 19.4. The van der Waals surface area contributed by atoms with E-state index in [-0.39, 0.29) is 18.0 Å². The number of hydrogen-bond acceptors (Lipinski definition) is 3. The molecule has 0 N–H and O–H groups in total. The van der Waals surface area contributed by atoms with E-state index in [1.165, 1.54) is 11.0 Å². The standard InChI is InChI=1S/C25H16F2N2OS/c26-20-13-21(27)23-22(14-20)31-25(28-23)29(15-16-6-2-1-3-7-16)24(30)19-11-10-17-8-4-5-9-18(17)12-19/h1-14H,15H2. The molecule has 0 bridgehead atoms. The second kappa shape index (κ2) is 7.89. The van der Waals surface area contributed by atoms with Crippen LogP contribution in [0.5, 0.6) is 0 Å². The number of hydrogen-bond donors (Lipinski definition) is 0. The Bertz CT molecular complexity index is 1420. The van der Waals surface area contributed by atoms with Crippen LogP contribution in [0.3, 0.4) is 0 Å². The van der Waals surface area contributed by atoms with Crippen molar-refractivity contribution in [3.8, 4) is 0 Å². The van der Waals surface area contributed by atoms with Crippen molar-refractivity contribution in [2.45, 2.75) is 6.54 Å². The number of carbonyl (C=O) groups is 1. The first-order valence-corrected chi connectivity index (χ1v) is 10.5. The average Bonchev–Trinajstić information content (AvgIpc) is 3.21. The van der Waals surface area contributed by atoms with Crippen LogP contribution in [0.2, 0.25) is 0 Å². The van der Waals surface area contributed by atoms with Gasteiger partial charge in [-0.3, -0.25) is 9.69 Å². The zero-order valence-electron chi connectivity index (χ0n) is 16.3. The largest absolute Gasteiger partial charge is 0.279 e. The number of halogens is 2. The van der Waals surface area contributed by atoms with E-state index >= 15 is 0 Å². The second-order valence-electron chi connectivity index (χ2n) is 7.17. The molecule has 0 aliphatic rings. The normalized spacial score (nSPS) is 11.2. The van der Waals surface area contributed by atoms with E-state index < -0.39 is 11.6 Å². The van der Waals surface area contributed by atoms with Crippen molar-refractivity contribution in [1.82, 2.24) is 4.98 Å². The minimum atomic E-state index is -0.740. The van der Waals surface area contributed by atoms with E-state index in [2.05, 4.69) is 4.98 Å². The third-order valence-corrected chi connectivity index (χ3v) is 6.08. The number of anilines is 1. The Labute approximate surface area is 181 Å². The van der Waals surface area contributed by atoms with Gasteiger partial charge in [0.15, 0.2) is 10.9 Å². The maximum atomic E-state index is 14.2. The summed E-state index contributed by atoms with van der Waals surface area (Å²) in [6, 6.07) is 24.8. The average molecular weight is 430 g/mol. The van der Waals surface area contributed by atoms with Crippen LogP contribution in [0.4, 0.5) is 13.9 Å². The van der Waals surface area contributed by atoms with Crippen molar-refractivity contribution in [2.75, 3.05) is 4.90 Å². The highest BCUT2D eigenvalue weighted by Crippen LogP contribution is 2.33. The van der Waals surface area contributed by atoms with E-state index in [1.54, 1.807) is 6.07 Å². The van der Waals surface area contributed by atoms with Crippen LogP contribution >= 0.6 is 11.3 Å². The molecule has 0 atom stereocenters. The first-order valence-electron chi connectivity index (χ1n) is 9.69. The van der Waals surface area contributed by atoms with Crippen LogP contribution in [0.15, 0.2) is 84.9 Å². The van der Waals surface area contributed by atoms with Gasteiger partial charge in [-0.1, -0.05) is 72.0 Å². The van der Waals surface area contributed by atoms with Crippen LogP contribution in [0, 0.1) is 11.6 Å². The third kappa shape index (κ3) is 3.78. The SMILES string of the molecule is O=C(c1ccc2ccccc2c1)N(Cc1ccccc1)c1nc2c(F)cc(F)cc2s1. The Morgan fingerprint density at radius 3 is 2.42 bits per heavy atom. The van der Waals surface area contributed by atoms with Gasteiger partial charge < -0.3 is 0 Å². The number of thiazole rings is 1. The van der Waals surface area contributed by atoms with Crippen molar-refractivity contribution in [3.05, 3.63) is 108 Å². The Morgan fingerprint density at radius 1 is 0.871 bits per heavy atom. The molecular weight excluding hydrogens is 414 g/mol. The molecule has 0 aliphatic heterocycles. The molecule has 0 saturated carbocycles. The molecule has 1 heterocycles. The molecule has 0 saturated heterocycles. The number of aromatic nitrogens is 1. The lowest BCUT2D eigenvalue weighted by Crippen LogP contribution is -2.30. The fourth-order valence-electron chi connectivity index (χ4n) is 3.53. The first-order chi connectivity index (χ1) is 15.1. The smallest absolute Gasteiger partial charge is 0.260 e. The van der Waals surface area contributed by atoms with E-state index in [0.717, 1.165) is 33.7 Å². The van der Waals surface area contributed by atoms with Gasteiger partial charge in [-0.25, -0.2) is 13.8 Å². The molecule has 6 heteroatoms. The Kier molecular flexibility index (Phi) is 4.92. The van der Waals surface area contributed by atoms with Gasteiger partial charge in [-0.2, -0.15) is 0 Å². The first kappa shape index (κ1) is 19.3. The lowest BCUT2D eigenvalue weighted by molar-refractivity contribution is 0.0985. The van der Waals surface area contributed by atoms with Gasteiger partial charge in [0.25, 0.3) is 5.91 Å². The van der Waals surface area contributed by atoms with E-state index in [1.807, 2.05) is 66.7 Å². The third-order valence-electron chi connectivity index (χ3n) is 5.06. The van der Waals surface area contributed by atoms with E-state index in [9.17, 15) is 13.6 Å². The highest BCUT2D eigenvalue weighted by Gasteiger charge is 2.23. The van der Waals surface area contributed by atoms with Gasteiger partial charge in [0, 0.05) is 11.6 Å². The molecule has 1 amide bonds. The van der Waals surface area contributed by atoms with Gasteiger partial charge >= 0.3 is 0 Å². The van der Waals surface area contributed by atoms with Crippen molar-refractivity contribution in [1.29, 1.82) is 0 Å². The number of amides is 1. The summed E-state index contributed by atoms with van der Waals surface area (Å²) < 4.78 is 28.3. The minimum absolute atomic E-state index is 0.0609. The van der Waals surface area contributed by atoms with Crippen LogP contribution in [0.25, 0.3) is 21.0 Å². The van der Waals surface area contributed by atoms with Crippen LogP contribution < -0.4 is 4.90 Å². The predicted octanol–water partition coefficient (Wildman–Crippen LogP) is 6.57. The minimum Gasteiger partial charge on any atom is -0.279 e. The molecule has 3 nitrogen and oxygen atoms in total. The molecule has 5 rings (SSSR count). The van der Waals surface area contributed by atoms with Crippen molar-refractivity contribution < 1.29 is 13.6 Å². The maximum Gasteiger partial charge on any atom is 0.260 e. The molecular formula is C25H16F2N2OS. The highest BCUT2D eigenvalue weighted by atomic mass is 32.1. The van der Waals surface area contributed by atoms with Gasteiger partial charge in [0.05, 0.1) is 11.2 Å². The Morgan fingerprint density at radius 2 is 1.61 bits per heavy atom. The summed E-state index contributed by atoms with van der Waals surface area (Å²) in [5, 5.41) is 2.30. The quantitative estimate of drug-likeness (QED) is 0.323. The summed E-state index contributed by atoms with van der Waals surface area (Å²) >= 11 is 1.09. The molecule has 0 fully saturated rings. The van der Waals surface area contributed by atoms with Gasteiger partial charge in [-0.15, -0.1) is 0 Å². The fourth-order valence-corrected chi connectivity index (χ4v) is 4.53. The zero-order chi connectivity index (χ0) is 21.4. The van der Waals surface area contributed by atoms with Crippen LogP contribution in [-0.2, 0) is 6.54 Å². The summed E-state index contributed by atoms with van der Waals surface area (Å²) in [5.41, 5.74) is 1.47. The van der Waals surface area contributed by atoms with Gasteiger partial charge in [0.1, 0.15) is 11.3 Å².